The molecule has 2 N–H and O–H groups in total. The number of hydrogen-bond donors (Lipinski definition) is 2. The summed E-state index contributed by atoms with van der Waals surface area (Å²) in [5, 5.41) is 11.3. The summed E-state index contributed by atoms with van der Waals surface area (Å²) in [5.41, 5.74) is -0.593. The molecule has 5 nitrogen and oxygen atoms in total. The van der Waals surface area contributed by atoms with Crippen LogP contribution in [-0.4, -0.2) is 53.7 Å². The molecule has 1 aliphatic heterocycles. The Kier molecular flexibility index (Phi) is 5.01. The van der Waals surface area contributed by atoms with Crippen LogP contribution in [0.3, 0.4) is 0 Å². The van der Waals surface area contributed by atoms with E-state index in [4.69, 9.17) is 0 Å². The van der Waals surface area contributed by atoms with E-state index in [2.05, 4.69) is 0 Å². The van der Waals surface area contributed by atoms with Crippen molar-refractivity contribution in [2.24, 2.45) is 5.41 Å². The van der Waals surface area contributed by atoms with E-state index in [1.807, 2.05) is 5.32 Å². The monoisotopic (exact) mass is 296 g/mol. The van der Waals surface area contributed by atoms with Crippen LogP contribution in [0, 0.1) is 5.41 Å². The largest absolute Gasteiger partial charge is 0.480 e. The minimum absolute atomic E-state index is 0.257. The third kappa shape index (κ3) is 4.36. The third-order valence-corrected chi connectivity index (χ3v) is 3.43. The van der Waals surface area contributed by atoms with E-state index in [1.54, 1.807) is 13.8 Å². The first-order valence-electron chi connectivity index (χ1n) is 6.34. The molecule has 0 aromatic heterocycles. The summed E-state index contributed by atoms with van der Waals surface area (Å²) in [6, 6.07) is -1.00. The Morgan fingerprint density at radius 3 is 2.50 bits per heavy atom. The van der Waals surface area contributed by atoms with Crippen molar-refractivity contribution in [1.82, 2.24) is 10.2 Å². The van der Waals surface area contributed by atoms with Gasteiger partial charge in [0.05, 0.1) is 13.1 Å². The minimum atomic E-state index is -4.40. The van der Waals surface area contributed by atoms with Crippen LogP contribution in [0.1, 0.15) is 26.7 Å². The molecule has 0 radical (unpaired) electrons. The molecular weight excluding hydrogens is 277 g/mol. The molecule has 1 heterocycles. The Hall–Kier alpha value is -1.31. The van der Waals surface area contributed by atoms with Gasteiger partial charge in [0.25, 0.3) is 0 Å². The topological polar surface area (TPSA) is 69.6 Å². The van der Waals surface area contributed by atoms with E-state index in [9.17, 15) is 27.9 Å². The summed E-state index contributed by atoms with van der Waals surface area (Å²) in [6.45, 7) is 1.96. The van der Waals surface area contributed by atoms with Gasteiger partial charge in [-0.2, -0.15) is 13.2 Å². The molecule has 0 aliphatic carbocycles. The van der Waals surface area contributed by atoms with Crippen molar-refractivity contribution in [2.45, 2.75) is 38.9 Å². The van der Waals surface area contributed by atoms with Crippen LogP contribution < -0.4 is 5.32 Å². The molecule has 0 saturated carbocycles. The van der Waals surface area contributed by atoms with Crippen molar-refractivity contribution in [3.05, 3.63) is 0 Å². The Bertz CT molecular complexity index is 383. The molecule has 0 aromatic rings. The van der Waals surface area contributed by atoms with Gasteiger partial charge in [-0.25, -0.2) is 4.79 Å². The van der Waals surface area contributed by atoms with Gasteiger partial charge in [-0.3, -0.25) is 4.79 Å². The van der Waals surface area contributed by atoms with Crippen LogP contribution in [0.4, 0.5) is 13.2 Å². The zero-order valence-corrected chi connectivity index (χ0v) is 11.5. The highest BCUT2D eigenvalue weighted by Gasteiger charge is 2.44. The van der Waals surface area contributed by atoms with Gasteiger partial charge in [-0.15, -0.1) is 0 Å². The second kappa shape index (κ2) is 5.99. The number of halogens is 3. The summed E-state index contributed by atoms with van der Waals surface area (Å²) >= 11 is 0. The van der Waals surface area contributed by atoms with Crippen molar-refractivity contribution < 1.29 is 27.9 Å². The van der Waals surface area contributed by atoms with Gasteiger partial charge < -0.3 is 15.3 Å². The predicted octanol–water partition coefficient (Wildman–Crippen LogP) is 1.24. The fraction of sp³-hybridized carbons (Fsp3) is 0.833. The van der Waals surface area contributed by atoms with Gasteiger partial charge in [0, 0.05) is 6.54 Å². The number of carbonyl (C=O) groups excluding carboxylic acids is 1. The van der Waals surface area contributed by atoms with Crippen molar-refractivity contribution in [2.75, 3.05) is 19.6 Å². The number of nitrogens with zero attached hydrogens (tertiary/aromatic N) is 1. The van der Waals surface area contributed by atoms with Crippen LogP contribution in [0.5, 0.6) is 0 Å². The molecular formula is C12H19F3N2O3. The number of carboxylic acids is 1. The quantitative estimate of drug-likeness (QED) is 0.819. The lowest BCUT2D eigenvalue weighted by Crippen LogP contribution is -2.58. The SMILES string of the molecule is CC1(C)CCCN(C(=O)CNCC(F)(F)F)C1C(=O)O. The van der Waals surface area contributed by atoms with Crippen LogP contribution in [0.25, 0.3) is 0 Å². The summed E-state index contributed by atoms with van der Waals surface area (Å²) in [4.78, 5) is 24.4. The summed E-state index contributed by atoms with van der Waals surface area (Å²) in [5.74, 6) is -1.74. The van der Waals surface area contributed by atoms with E-state index >= 15 is 0 Å². The van der Waals surface area contributed by atoms with Gasteiger partial charge in [-0.1, -0.05) is 13.8 Å². The number of amides is 1. The Morgan fingerprint density at radius 2 is 2.00 bits per heavy atom. The summed E-state index contributed by atoms with van der Waals surface area (Å²) in [6.07, 6.45) is -3.10. The van der Waals surface area contributed by atoms with E-state index < -0.39 is 42.6 Å². The molecule has 1 fully saturated rings. The maximum atomic E-state index is 12.0. The van der Waals surface area contributed by atoms with Gasteiger partial charge in [0.1, 0.15) is 6.04 Å². The first-order valence-corrected chi connectivity index (χ1v) is 6.34. The van der Waals surface area contributed by atoms with Crippen LogP contribution >= 0.6 is 0 Å². The summed E-state index contributed by atoms with van der Waals surface area (Å²) in [7, 11) is 0. The lowest BCUT2D eigenvalue weighted by molar-refractivity contribution is -0.159. The van der Waals surface area contributed by atoms with Crippen LogP contribution in [0.2, 0.25) is 0 Å². The average molecular weight is 296 g/mol. The molecule has 116 valence electrons. The van der Waals surface area contributed by atoms with Crippen molar-refractivity contribution in [3.63, 3.8) is 0 Å². The zero-order chi connectivity index (χ0) is 15.6. The average Bonchev–Trinajstić information content (AvgIpc) is 2.24. The fourth-order valence-electron chi connectivity index (χ4n) is 2.54. The first kappa shape index (κ1) is 16.7. The van der Waals surface area contributed by atoms with Crippen molar-refractivity contribution >= 4 is 11.9 Å². The number of alkyl halides is 3. The molecule has 1 rings (SSSR count). The predicted molar refractivity (Wildman–Crippen MR) is 65.1 cm³/mol. The van der Waals surface area contributed by atoms with E-state index in [0.717, 1.165) is 4.90 Å². The lowest BCUT2D eigenvalue weighted by Gasteiger charge is -2.44. The molecule has 1 aliphatic rings. The van der Waals surface area contributed by atoms with E-state index in [0.29, 0.717) is 12.8 Å². The molecule has 1 unspecified atom stereocenters. The highest BCUT2D eigenvalue weighted by atomic mass is 19.4. The van der Waals surface area contributed by atoms with Gasteiger partial charge in [-0.05, 0) is 18.3 Å². The molecule has 0 bridgehead atoms. The molecule has 1 saturated heterocycles. The number of carboxylic acid groups (broad SMARTS) is 1. The zero-order valence-electron chi connectivity index (χ0n) is 11.5. The number of likely N-dealkylation sites (tertiary alicyclic amines) is 1. The maximum absolute atomic E-state index is 12.0. The molecule has 20 heavy (non-hydrogen) atoms. The Morgan fingerprint density at radius 1 is 1.40 bits per heavy atom. The number of piperidine rings is 1. The lowest BCUT2D eigenvalue weighted by atomic mass is 9.76. The fourth-order valence-corrected chi connectivity index (χ4v) is 2.54. The Balaban J connectivity index is 2.67. The molecule has 1 atom stereocenters. The van der Waals surface area contributed by atoms with Gasteiger partial charge in [0.15, 0.2) is 0 Å². The van der Waals surface area contributed by atoms with Crippen LogP contribution in [0.15, 0.2) is 0 Å². The highest BCUT2D eigenvalue weighted by molar-refractivity contribution is 5.85. The molecule has 1 amide bonds. The smallest absolute Gasteiger partial charge is 0.401 e. The molecule has 0 aromatic carbocycles. The van der Waals surface area contributed by atoms with E-state index in [1.165, 1.54) is 0 Å². The van der Waals surface area contributed by atoms with E-state index in [-0.39, 0.29) is 6.54 Å². The first-order chi connectivity index (χ1) is 9.04. The van der Waals surface area contributed by atoms with Gasteiger partial charge >= 0.3 is 12.1 Å². The number of nitrogens with one attached hydrogen (secondary N) is 1. The molecule has 8 heteroatoms. The number of rotatable bonds is 4. The highest BCUT2D eigenvalue weighted by Crippen LogP contribution is 2.35. The number of hydrogen-bond acceptors (Lipinski definition) is 3. The standard InChI is InChI=1S/C12H19F3N2O3/c1-11(2)4-3-5-17(9(11)10(19)20)8(18)6-16-7-12(13,14)15/h9,16H,3-7H2,1-2H3,(H,19,20). The van der Waals surface area contributed by atoms with Gasteiger partial charge in [0.2, 0.25) is 5.91 Å². The van der Waals surface area contributed by atoms with Crippen molar-refractivity contribution in [3.8, 4) is 0 Å². The number of carbonyl (C=O) groups is 2. The summed E-state index contributed by atoms with van der Waals surface area (Å²) < 4.78 is 36.0. The van der Waals surface area contributed by atoms with Crippen LogP contribution in [-0.2, 0) is 9.59 Å². The second-order valence-electron chi connectivity index (χ2n) is 5.64. The van der Waals surface area contributed by atoms with Crippen molar-refractivity contribution in [1.29, 1.82) is 0 Å². The molecule has 0 spiro atoms. The maximum Gasteiger partial charge on any atom is 0.401 e. The third-order valence-electron chi connectivity index (χ3n) is 3.43. The Labute approximate surface area is 115 Å². The normalized spacial score (nSPS) is 22.6. The minimum Gasteiger partial charge on any atom is -0.480 e. The number of aliphatic carboxylic acids is 1. The second-order valence-corrected chi connectivity index (χ2v) is 5.64.